The lowest BCUT2D eigenvalue weighted by Gasteiger charge is -2.32. The topological polar surface area (TPSA) is 60.9 Å². The van der Waals surface area contributed by atoms with Gasteiger partial charge in [-0.2, -0.15) is 13.2 Å². The van der Waals surface area contributed by atoms with Crippen LogP contribution in [0.1, 0.15) is 19.8 Å². The standard InChI is InChI=1S/C12H17F3N2O3/c1-2-5-17(8-10(18)19)11(20)16-6-3-9(4-7-16)12(13,14)15/h3H,2,4-8H2,1H3,(H,18,19). The van der Waals surface area contributed by atoms with Gasteiger partial charge in [0, 0.05) is 25.2 Å². The Bertz CT molecular complexity index is 407. The van der Waals surface area contributed by atoms with E-state index in [0.29, 0.717) is 6.42 Å². The van der Waals surface area contributed by atoms with Gasteiger partial charge >= 0.3 is 18.2 Å². The number of hydrogen-bond acceptors (Lipinski definition) is 2. The highest BCUT2D eigenvalue weighted by Gasteiger charge is 2.36. The summed E-state index contributed by atoms with van der Waals surface area (Å²) in [6, 6.07) is -0.535. The number of urea groups is 1. The Hall–Kier alpha value is -1.73. The number of amides is 2. The minimum atomic E-state index is -4.36. The van der Waals surface area contributed by atoms with Crippen molar-refractivity contribution >= 4 is 12.0 Å². The maximum Gasteiger partial charge on any atom is 0.412 e. The van der Waals surface area contributed by atoms with Crippen LogP contribution < -0.4 is 0 Å². The summed E-state index contributed by atoms with van der Waals surface area (Å²) in [6.45, 7) is 1.41. The third-order valence-electron chi connectivity index (χ3n) is 2.93. The molecular weight excluding hydrogens is 277 g/mol. The highest BCUT2D eigenvalue weighted by Crippen LogP contribution is 2.30. The first kappa shape index (κ1) is 16.3. The summed E-state index contributed by atoms with van der Waals surface area (Å²) in [5, 5.41) is 8.73. The molecule has 0 saturated carbocycles. The molecule has 8 heteroatoms. The zero-order valence-corrected chi connectivity index (χ0v) is 11.1. The summed E-state index contributed by atoms with van der Waals surface area (Å²) in [6.07, 6.45) is -3.07. The third-order valence-corrected chi connectivity index (χ3v) is 2.93. The second-order valence-electron chi connectivity index (χ2n) is 4.52. The molecule has 1 heterocycles. The van der Waals surface area contributed by atoms with Crippen LogP contribution in [0.25, 0.3) is 0 Å². The van der Waals surface area contributed by atoms with E-state index in [9.17, 15) is 22.8 Å². The lowest BCUT2D eigenvalue weighted by atomic mass is 10.1. The van der Waals surface area contributed by atoms with Crippen LogP contribution in [0.5, 0.6) is 0 Å². The molecule has 0 aromatic carbocycles. The second kappa shape index (κ2) is 6.62. The van der Waals surface area contributed by atoms with E-state index in [-0.39, 0.29) is 26.1 Å². The number of carboxylic acid groups (broad SMARTS) is 1. The van der Waals surface area contributed by atoms with Crippen LogP contribution in [0.4, 0.5) is 18.0 Å². The first-order valence-corrected chi connectivity index (χ1v) is 6.27. The average molecular weight is 294 g/mol. The zero-order valence-electron chi connectivity index (χ0n) is 11.1. The van der Waals surface area contributed by atoms with E-state index in [2.05, 4.69) is 0 Å². The predicted molar refractivity (Wildman–Crippen MR) is 65.2 cm³/mol. The molecule has 0 saturated heterocycles. The van der Waals surface area contributed by atoms with Gasteiger partial charge in [-0.1, -0.05) is 13.0 Å². The first-order valence-electron chi connectivity index (χ1n) is 6.27. The molecule has 0 spiro atoms. The quantitative estimate of drug-likeness (QED) is 0.808. The minimum Gasteiger partial charge on any atom is -0.480 e. The number of hydrogen-bond donors (Lipinski definition) is 1. The Morgan fingerprint density at radius 2 is 2.10 bits per heavy atom. The summed E-state index contributed by atoms with van der Waals surface area (Å²) in [5.41, 5.74) is -0.637. The number of carbonyl (C=O) groups is 2. The molecule has 1 aliphatic rings. The van der Waals surface area contributed by atoms with Crippen molar-refractivity contribution in [1.29, 1.82) is 0 Å². The number of halogens is 3. The van der Waals surface area contributed by atoms with Gasteiger partial charge in [0.15, 0.2) is 0 Å². The normalized spacial score (nSPS) is 15.8. The van der Waals surface area contributed by atoms with Gasteiger partial charge < -0.3 is 14.9 Å². The van der Waals surface area contributed by atoms with Crippen molar-refractivity contribution in [2.75, 3.05) is 26.2 Å². The van der Waals surface area contributed by atoms with E-state index in [0.717, 1.165) is 11.0 Å². The summed E-state index contributed by atoms with van der Waals surface area (Å²) in [4.78, 5) is 25.1. The van der Waals surface area contributed by atoms with Gasteiger partial charge in [0.2, 0.25) is 0 Å². The molecule has 0 atom stereocenters. The van der Waals surface area contributed by atoms with Crippen LogP contribution in [0.3, 0.4) is 0 Å². The van der Waals surface area contributed by atoms with Gasteiger partial charge in [0.25, 0.3) is 0 Å². The fourth-order valence-corrected chi connectivity index (χ4v) is 1.98. The number of aliphatic carboxylic acids is 1. The van der Waals surface area contributed by atoms with E-state index in [1.165, 1.54) is 4.90 Å². The Morgan fingerprint density at radius 3 is 2.50 bits per heavy atom. The number of nitrogens with zero attached hydrogens (tertiary/aromatic N) is 2. The fourth-order valence-electron chi connectivity index (χ4n) is 1.98. The van der Waals surface area contributed by atoms with Gasteiger partial charge in [-0.15, -0.1) is 0 Å². The van der Waals surface area contributed by atoms with Crippen molar-refractivity contribution in [2.45, 2.75) is 25.9 Å². The van der Waals surface area contributed by atoms with E-state index >= 15 is 0 Å². The van der Waals surface area contributed by atoms with E-state index in [4.69, 9.17) is 5.11 Å². The number of alkyl halides is 3. The van der Waals surface area contributed by atoms with Crippen LogP contribution in [-0.4, -0.2) is 59.3 Å². The third kappa shape index (κ3) is 4.43. The molecule has 0 aromatic heterocycles. The van der Waals surface area contributed by atoms with Crippen molar-refractivity contribution in [3.05, 3.63) is 11.6 Å². The minimum absolute atomic E-state index is 0.0516. The predicted octanol–water partition coefficient (Wildman–Crippen LogP) is 2.10. The van der Waals surface area contributed by atoms with E-state index < -0.39 is 30.3 Å². The van der Waals surface area contributed by atoms with Crippen molar-refractivity contribution in [3.63, 3.8) is 0 Å². The van der Waals surface area contributed by atoms with Crippen LogP contribution in [0, 0.1) is 0 Å². The van der Waals surface area contributed by atoms with E-state index in [1.54, 1.807) is 6.92 Å². The smallest absolute Gasteiger partial charge is 0.412 e. The van der Waals surface area contributed by atoms with Gasteiger partial charge in [0.1, 0.15) is 6.54 Å². The van der Waals surface area contributed by atoms with Crippen LogP contribution >= 0.6 is 0 Å². The Kier molecular flexibility index (Phi) is 5.41. The average Bonchev–Trinajstić information content (AvgIpc) is 2.36. The van der Waals surface area contributed by atoms with Crippen molar-refractivity contribution in [1.82, 2.24) is 9.80 Å². The molecule has 0 unspecified atom stereocenters. The van der Waals surface area contributed by atoms with Gasteiger partial charge in [0.05, 0.1) is 0 Å². The van der Waals surface area contributed by atoms with Crippen molar-refractivity contribution in [2.24, 2.45) is 0 Å². The highest BCUT2D eigenvalue weighted by atomic mass is 19.4. The highest BCUT2D eigenvalue weighted by molar-refractivity contribution is 5.80. The largest absolute Gasteiger partial charge is 0.480 e. The Labute approximate surface area is 114 Å². The molecule has 0 bridgehead atoms. The van der Waals surface area contributed by atoms with Crippen molar-refractivity contribution < 1.29 is 27.9 Å². The number of rotatable bonds is 4. The van der Waals surface area contributed by atoms with Crippen molar-refractivity contribution in [3.8, 4) is 0 Å². The molecule has 0 aliphatic carbocycles. The molecule has 0 aromatic rings. The summed E-state index contributed by atoms with van der Waals surface area (Å²) in [5.74, 6) is -1.14. The molecule has 5 nitrogen and oxygen atoms in total. The Balaban J connectivity index is 2.69. The molecule has 1 rings (SSSR count). The molecule has 20 heavy (non-hydrogen) atoms. The van der Waals surface area contributed by atoms with Gasteiger partial charge in [-0.25, -0.2) is 4.79 Å². The second-order valence-corrected chi connectivity index (χ2v) is 4.52. The van der Waals surface area contributed by atoms with Gasteiger partial charge in [-0.05, 0) is 12.8 Å². The first-order chi connectivity index (χ1) is 9.25. The molecular formula is C12H17F3N2O3. The molecule has 0 fully saturated rings. The van der Waals surface area contributed by atoms with E-state index in [1.807, 2.05) is 0 Å². The lowest BCUT2D eigenvalue weighted by Crippen LogP contribution is -2.47. The molecule has 0 radical (unpaired) electrons. The molecule has 114 valence electrons. The Morgan fingerprint density at radius 1 is 1.45 bits per heavy atom. The molecule has 1 N–H and O–H groups in total. The summed E-state index contributed by atoms with van der Waals surface area (Å²) < 4.78 is 37.4. The van der Waals surface area contributed by atoms with Gasteiger partial charge in [-0.3, -0.25) is 4.79 Å². The number of carbonyl (C=O) groups excluding carboxylic acids is 1. The molecule has 1 aliphatic heterocycles. The summed E-state index contributed by atoms with van der Waals surface area (Å²) >= 11 is 0. The van der Waals surface area contributed by atoms with Crippen LogP contribution in [0.2, 0.25) is 0 Å². The molecule has 2 amide bonds. The zero-order chi connectivity index (χ0) is 15.3. The van der Waals surface area contributed by atoms with Crippen LogP contribution in [0.15, 0.2) is 11.6 Å². The monoisotopic (exact) mass is 294 g/mol. The summed E-state index contributed by atoms with van der Waals surface area (Å²) in [7, 11) is 0. The SMILES string of the molecule is CCCN(CC(=O)O)C(=O)N1CC=C(C(F)(F)F)CC1. The maximum absolute atomic E-state index is 12.5. The van der Waals surface area contributed by atoms with Crippen LogP contribution in [-0.2, 0) is 4.79 Å². The lowest BCUT2D eigenvalue weighted by molar-refractivity contribution is -0.137. The maximum atomic E-state index is 12.5. The number of carboxylic acids is 1. The fraction of sp³-hybridized carbons (Fsp3) is 0.667.